The van der Waals surface area contributed by atoms with Gasteiger partial charge in [-0.15, -0.1) is 0 Å². The normalized spacial score (nSPS) is 12.9. The second-order valence-corrected chi connectivity index (χ2v) is 7.69. The average molecular weight is 404 g/mol. The van der Waals surface area contributed by atoms with Crippen LogP contribution in [0.3, 0.4) is 0 Å². The van der Waals surface area contributed by atoms with E-state index in [0.717, 1.165) is 12.1 Å². The van der Waals surface area contributed by atoms with Crippen molar-refractivity contribution in [1.29, 1.82) is 0 Å². The first-order valence-electron chi connectivity index (χ1n) is 9.19. The summed E-state index contributed by atoms with van der Waals surface area (Å²) in [6.45, 7) is 8.55. The van der Waals surface area contributed by atoms with Crippen molar-refractivity contribution in [2.45, 2.75) is 52.4 Å². The van der Waals surface area contributed by atoms with Crippen molar-refractivity contribution in [2.75, 3.05) is 16.4 Å². The van der Waals surface area contributed by atoms with E-state index in [1.54, 1.807) is 26.2 Å². The number of nitrogens with one attached hydrogen (secondary N) is 2. The molecule has 3 aromatic rings. The third-order valence-corrected chi connectivity index (χ3v) is 5.13. The molecule has 3 rings (SSSR count). The highest BCUT2D eigenvalue weighted by Crippen LogP contribution is 2.26. The number of fused-ring (bicyclic) bond motifs is 1. The quantitative estimate of drug-likeness (QED) is 0.447. The lowest BCUT2D eigenvalue weighted by Gasteiger charge is -2.26. The fourth-order valence-corrected chi connectivity index (χ4v) is 2.84. The van der Waals surface area contributed by atoms with Crippen molar-refractivity contribution in [3.63, 3.8) is 0 Å². The van der Waals surface area contributed by atoms with Crippen LogP contribution in [0.5, 0.6) is 0 Å². The first-order chi connectivity index (χ1) is 13.2. The molecule has 1 aromatic carbocycles. The summed E-state index contributed by atoms with van der Waals surface area (Å²) in [6, 6.07) is 5.27. The molecule has 0 spiro atoms. The Hall–Kier alpha value is -2.58. The van der Waals surface area contributed by atoms with Crippen molar-refractivity contribution in [3.8, 4) is 0 Å². The Morgan fingerprint density at radius 3 is 2.75 bits per heavy atom. The molecule has 5 N–H and O–H groups in total. The number of hydrogen-bond acceptors (Lipinski definition) is 7. The SMILES string of the molecule is CCn1cnc2c(NCc3cccc(Cl)c3N)nc(NC(C)C(C)(C)O)nc21. The van der Waals surface area contributed by atoms with Crippen LogP contribution in [0.4, 0.5) is 17.5 Å². The largest absolute Gasteiger partial charge is 0.397 e. The number of halogens is 1. The van der Waals surface area contributed by atoms with Crippen LogP contribution in [0, 0.1) is 0 Å². The number of aliphatic hydroxyl groups is 1. The zero-order valence-corrected chi connectivity index (χ0v) is 17.2. The number of nitrogens with two attached hydrogens (primary N) is 1. The Balaban J connectivity index is 1.95. The Bertz CT molecular complexity index is 980. The lowest BCUT2D eigenvalue weighted by Crippen LogP contribution is -2.39. The van der Waals surface area contributed by atoms with Gasteiger partial charge in [0.25, 0.3) is 0 Å². The van der Waals surface area contributed by atoms with E-state index in [2.05, 4.69) is 25.6 Å². The second kappa shape index (κ2) is 7.81. The molecule has 0 aliphatic heterocycles. The molecule has 28 heavy (non-hydrogen) atoms. The fourth-order valence-electron chi connectivity index (χ4n) is 2.65. The molecule has 150 valence electrons. The van der Waals surface area contributed by atoms with E-state index in [9.17, 15) is 5.11 Å². The number of aromatic nitrogens is 4. The van der Waals surface area contributed by atoms with Crippen LogP contribution < -0.4 is 16.4 Å². The van der Waals surface area contributed by atoms with Gasteiger partial charge >= 0.3 is 0 Å². The number of hydrogen-bond donors (Lipinski definition) is 4. The molecule has 0 radical (unpaired) electrons. The van der Waals surface area contributed by atoms with Crippen LogP contribution in [0.15, 0.2) is 24.5 Å². The lowest BCUT2D eigenvalue weighted by molar-refractivity contribution is 0.0646. The van der Waals surface area contributed by atoms with Crippen LogP contribution in [-0.4, -0.2) is 36.3 Å². The first kappa shape index (κ1) is 20.2. The molecule has 0 saturated carbocycles. The number of para-hydroxylation sites is 1. The highest BCUT2D eigenvalue weighted by molar-refractivity contribution is 6.33. The van der Waals surface area contributed by atoms with Gasteiger partial charge in [0.05, 0.1) is 28.7 Å². The minimum absolute atomic E-state index is 0.251. The molecule has 2 heterocycles. The number of anilines is 3. The molecule has 1 unspecified atom stereocenters. The summed E-state index contributed by atoms with van der Waals surface area (Å²) in [7, 11) is 0. The molecule has 0 aliphatic rings. The number of nitrogens with zero attached hydrogens (tertiary/aromatic N) is 4. The minimum Gasteiger partial charge on any atom is -0.397 e. The van der Waals surface area contributed by atoms with Crippen LogP contribution in [0.2, 0.25) is 5.02 Å². The monoisotopic (exact) mass is 403 g/mol. The third-order valence-electron chi connectivity index (χ3n) is 4.80. The average Bonchev–Trinajstić information content (AvgIpc) is 3.05. The van der Waals surface area contributed by atoms with Crippen LogP contribution in [-0.2, 0) is 13.1 Å². The van der Waals surface area contributed by atoms with E-state index in [-0.39, 0.29) is 6.04 Å². The molecule has 0 bridgehead atoms. The van der Waals surface area contributed by atoms with Gasteiger partial charge in [0.15, 0.2) is 17.0 Å². The highest BCUT2D eigenvalue weighted by atomic mass is 35.5. The minimum atomic E-state index is -0.924. The topological polar surface area (TPSA) is 114 Å². The van der Waals surface area contributed by atoms with Crippen LogP contribution in [0.1, 0.15) is 33.3 Å². The summed E-state index contributed by atoms with van der Waals surface area (Å²) in [5.74, 6) is 1.00. The van der Waals surface area contributed by atoms with Crippen LogP contribution >= 0.6 is 11.6 Å². The fraction of sp³-hybridized carbons (Fsp3) is 0.421. The van der Waals surface area contributed by atoms with Gasteiger partial charge in [0, 0.05) is 13.1 Å². The maximum atomic E-state index is 10.2. The molecule has 1 atom stereocenters. The molecule has 0 saturated heterocycles. The lowest BCUT2D eigenvalue weighted by atomic mass is 10.0. The number of nitrogen functional groups attached to an aromatic ring is 1. The molecule has 0 amide bonds. The maximum Gasteiger partial charge on any atom is 0.227 e. The van der Waals surface area contributed by atoms with Gasteiger partial charge in [-0.3, -0.25) is 0 Å². The van der Waals surface area contributed by atoms with Crippen molar-refractivity contribution >= 4 is 40.2 Å². The molecule has 2 aromatic heterocycles. The predicted octanol–water partition coefficient (Wildman–Crippen LogP) is 3.27. The highest BCUT2D eigenvalue weighted by Gasteiger charge is 2.24. The molecule has 0 fully saturated rings. The maximum absolute atomic E-state index is 10.2. The van der Waals surface area contributed by atoms with Gasteiger partial charge in [0.1, 0.15) is 0 Å². The summed E-state index contributed by atoms with van der Waals surface area (Å²) < 4.78 is 1.94. The molecular weight excluding hydrogens is 378 g/mol. The summed E-state index contributed by atoms with van der Waals surface area (Å²) >= 11 is 6.11. The van der Waals surface area contributed by atoms with Gasteiger partial charge in [0.2, 0.25) is 5.95 Å². The van der Waals surface area contributed by atoms with E-state index in [4.69, 9.17) is 17.3 Å². The van der Waals surface area contributed by atoms with Gasteiger partial charge < -0.3 is 26.0 Å². The van der Waals surface area contributed by atoms with Crippen molar-refractivity contribution in [1.82, 2.24) is 19.5 Å². The predicted molar refractivity (Wildman–Crippen MR) is 114 cm³/mol. The zero-order valence-electron chi connectivity index (χ0n) is 16.5. The van der Waals surface area contributed by atoms with Crippen molar-refractivity contribution in [2.24, 2.45) is 0 Å². The summed E-state index contributed by atoms with van der Waals surface area (Å²) in [5, 5.41) is 17.2. The first-order valence-corrected chi connectivity index (χ1v) is 9.57. The van der Waals surface area contributed by atoms with Gasteiger partial charge in [-0.05, 0) is 39.3 Å². The van der Waals surface area contributed by atoms with Gasteiger partial charge in [-0.2, -0.15) is 9.97 Å². The van der Waals surface area contributed by atoms with E-state index in [1.807, 2.05) is 30.5 Å². The molecule has 0 aliphatic carbocycles. The standard InChI is InChI=1S/C19H26ClN7O/c1-5-27-10-23-15-16(22-9-12-7-6-8-13(20)14(12)21)25-18(26-17(15)27)24-11(2)19(3,4)28/h6-8,10-11,28H,5,9,21H2,1-4H3,(H2,22,24,25,26). The molecule has 8 nitrogen and oxygen atoms in total. The van der Waals surface area contributed by atoms with E-state index in [1.165, 1.54) is 0 Å². The Kier molecular flexibility index (Phi) is 5.62. The molecule has 9 heteroatoms. The summed E-state index contributed by atoms with van der Waals surface area (Å²) in [4.78, 5) is 13.6. The zero-order chi connectivity index (χ0) is 20.5. The third kappa shape index (κ3) is 4.13. The number of benzene rings is 1. The number of rotatable bonds is 7. The summed E-state index contributed by atoms with van der Waals surface area (Å²) in [5.41, 5.74) is 7.93. The van der Waals surface area contributed by atoms with Gasteiger partial charge in [-0.1, -0.05) is 23.7 Å². The summed E-state index contributed by atoms with van der Waals surface area (Å²) in [6.07, 6.45) is 1.74. The van der Waals surface area contributed by atoms with E-state index < -0.39 is 5.60 Å². The van der Waals surface area contributed by atoms with Crippen LogP contribution in [0.25, 0.3) is 11.2 Å². The van der Waals surface area contributed by atoms with E-state index in [0.29, 0.717) is 40.2 Å². The Morgan fingerprint density at radius 1 is 1.32 bits per heavy atom. The van der Waals surface area contributed by atoms with E-state index >= 15 is 0 Å². The number of imidazole rings is 1. The van der Waals surface area contributed by atoms with Gasteiger partial charge in [-0.25, -0.2) is 4.98 Å². The Labute approximate surface area is 169 Å². The number of aryl methyl sites for hydroxylation is 1. The molecular formula is C19H26ClN7O. The second-order valence-electron chi connectivity index (χ2n) is 7.28. The smallest absolute Gasteiger partial charge is 0.227 e. The van der Waals surface area contributed by atoms with Crippen molar-refractivity contribution in [3.05, 3.63) is 35.1 Å². The van der Waals surface area contributed by atoms with Crippen molar-refractivity contribution < 1.29 is 5.11 Å². The Morgan fingerprint density at radius 2 is 2.07 bits per heavy atom.